The summed E-state index contributed by atoms with van der Waals surface area (Å²) < 4.78 is 0. The second-order valence-electron chi connectivity index (χ2n) is 12.7. The topological polar surface area (TPSA) is 0 Å². The zero-order chi connectivity index (χ0) is 18.1. The van der Waals surface area contributed by atoms with E-state index in [1.165, 1.54) is 0 Å². The molecule has 0 heteroatoms. The molecule has 8 aliphatic rings. The third kappa shape index (κ3) is 3.00. The van der Waals surface area contributed by atoms with Crippen LogP contribution >= 0.6 is 0 Å². The molecule has 8 bridgehead atoms. The van der Waals surface area contributed by atoms with Crippen molar-refractivity contribution in [2.45, 2.75) is 98.3 Å². The summed E-state index contributed by atoms with van der Waals surface area (Å²) in [4.78, 5) is 0. The van der Waals surface area contributed by atoms with E-state index in [0.29, 0.717) is 0 Å². The van der Waals surface area contributed by atoms with E-state index in [1.54, 1.807) is 70.6 Å². The summed E-state index contributed by atoms with van der Waals surface area (Å²) >= 11 is 0. The lowest BCUT2D eigenvalue weighted by atomic mass is 9.47. The molecule has 0 heterocycles. The highest BCUT2D eigenvalue weighted by Crippen LogP contribution is 2.62. The van der Waals surface area contributed by atoms with Gasteiger partial charge in [0, 0.05) is 0 Å². The van der Waals surface area contributed by atoms with E-state index in [2.05, 4.69) is 27.7 Å². The van der Waals surface area contributed by atoms with E-state index < -0.39 is 0 Å². The monoisotopic (exact) mass is 356 g/mol. The van der Waals surface area contributed by atoms with Gasteiger partial charge in [0.05, 0.1) is 0 Å². The minimum atomic E-state index is 0.800. The molecule has 0 unspecified atom stereocenters. The molecule has 0 N–H and O–H groups in total. The largest absolute Gasteiger partial charge is 0.0625 e. The normalized spacial score (nSPS) is 53.3. The van der Waals surface area contributed by atoms with Gasteiger partial charge in [-0.1, -0.05) is 27.7 Å². The highest BCUT2D eigenvalue weighted by molar-refractivity contribution is 5.02. The van der Waals surface area contributed by atoms with Crippen LogP contribution in [0.3, 0.4) is 0 Å². The van der Waals surface area contributed by atoms with Gasteiger partial charge in [-0.15, -0.1) is 0 Å². The van der Waals surface area contributed by atoms with E-state index in [0.717, 1.165) is 64.6 Å². The molecule has 0 radical (unpaired) electrons. The van der Waals surface area contributed by atoms with Crippen LogP contribution in [-0.2, 0) is 0 Å². The van der Waals surface area contributed by atoms with Gasteiger partial charge in [-0.2, -0.15) is 0 Å². The third-order valence-electron chi connectivity index (χ3n) is 10.4. The summed E-state index contributed by atoms with van der Waals surface area (Å²) in [5, 5.41) is 0. The van der Waals surface area contributed by atoms with Crippen LogP contribution in [0.2, 0.25) is 0 Å². The zero-order valence-corrected chi connectivity index (χ0v) is 18.1. The summed E-state index contributed by atoms with van der Waals surface area (Å²) in [6.07, 6.45) is 17.5. The van der Waals surface area contributed by atoms with Crippen molar-refractivity contribution in [3.05, 3.63) is 0 Å². The summed E-state index contributed by atoms with van der Waals surface area (Å²) in [5.74, 6) is 11.0. The molecule has 0 aromatic carbocycles. The Morgan fingerprint density at radius 1 is 0.538 bits per heavy atom. The van der Waals surface area contributed by atoms with Gasteiger partial charge in [0.2, 0.25) is 0 Å². The van der Waals surface area contributed by atoms with E-state index in [4.69, 9.17) is 0 Å². The first-order valence-corrected chi connectivity index (χ1v) is 12.4. The quantitative estimate of drug-likeness (QED) is 0.478. The fraction of sp³-hybridized carbons (Fsp3) is 1.00. The first kappa shape index (κ1) is 18.1. The van der Waals surface area contributed by atoms with E-state index in [-0.39, 0.29) is 0 Å². The molecule has 0 aromatic rings. The van der Waals surface area contributed by atoms with Gasteiger partial charge in [0.25, 0.3) is 0 Å². The van der Waals surface area contributed by atoms with Gasteiger partial charge < -0.3 is 0 Å². The molecular formula is C26H44. The van der Waals surface area contributed by atoms with E-state index in [1.807, 2.05) is 0 Å². The van der Waals surface area contributed by atoms with E-state index >= 15 is 0 Å². The van der Waals surface area contributed by atoms with Crippen LogP contribution in [0.4, 0.5) is 0 Å². The Labute approximate surface area is 163 Å². The van der Waals surface area contributed by atoms with Gasteiger partial charge in [-0.05, 0) is 135 Å². The Hall–Kier alpha value is 0. The maximum absolute atomic E-state index is 2.47. The first-order valence-electron chi connectivity index (χ1n) is 12.4. The fourth-order valence-corrected chi connectivity index (χ4v) is 9.94. The summed E-state index contributed by atoms with van der Waals surface area (Å²) in [5.41, 5.74) is 0.800. The van der Waals surface area contributed by atoms with Crippen molar-refractivity contribution in [2.24, 2.45) is 64.6 Å². The molecule has 8 fully saturated rings. The average molecular weight is 357 g/mol. The molecule has 0 saturated heterocycles. The predicted octanol–water partition coefficient (Wildman–Crippen LogP) is 7.57. The molecule has 8 rings (SSSR count). The van der Waals surface area contributed by atoms with Gasteiger partial charge >= 0.3 is 0 Å². The second kappa shape index (κ2) is 6.52. The number of hydrogen-bond acceptors (Lipinski definition) is 0. The van der Waals surface area contributed by atoms with Crippen LogP contribution in [0.5, 0.6) is 0 Å². The minimum absolute atomic E-state index is 0.800. The first-order chi connectivity index (χ1) is 12.4. The van der Waals surface area contributed by atoms with Gasteiger partial charge in [0.1, 0.15) is 0 Å². The van der Waals surface area contributed by atoms with E-state index in [9.17, 15) is 0 Å². The van der Waals surface area contributed by atoms with Gasteiger partial charge in [-0.3, -0.25) is 0 Å². The number of rotatable bonds is 2. The van der Waals surface area contributed by atoms with Gasteiger partial charge in [-0.25, -0.2) is 0 Å². The lowest BCUT2D eigenvalue weighted by Crippen LogP contribution is -2.48. The lowest BCUT2D eigenvalue weighted by molar-refractivity contribution is -0.0789. The van der Waals surface area contributed by atoms with Crippen molar-refractivity contribution in [1.29, 1.82) is 0 Å². The molecule has 26 heavy (non-hydrogen) atoms. The Morgan fingerprint density at radius 3 is 1.27 bits per heavy atom. The Morgan fingerprint density at radius 2 is 0.923 bits per heavy atom. The fourth-order valence-electron chi connectivity index (χ4n) is 9.94. The second-order valence-corrected chi connectivity index (χ2v) is 12.7. The maximum Gasteiger partial charge on any atom is -0.0267 e. The van der Waals surface area contributed by atoms with Crippen molar-refractivity contribution in [3.63, 3.8) is 0 Å². The van der Waals surface area contributed by atoms with Gasteiger partial charge in [0.15, 0.2) is 0 Å². The molecule has 0 nitrogen and oxygen atoms in total. The van der Waals surface area contributed by atoms with Crippen molar-refractivity contribution in [1.82, 2.24) is 0 Å². The van der Waals surface area contributed by atoms with Crippen LogP contribution in [-0.4, -0.2) is 0 Å². The van der Waals surface area contributed by atoms with Crippen molar-refractivity contribution in [3.8, 4) is 0 Å². The predicted molar refractivity (Wildman–Crippen MR) is 111 cm³/mol. The molecule has 0 spiro atoms. The highest BCUT2D eigenvalue weighted by atomic mass is 14.6. The number of hydrogen-bond donors (Lipinski definition) is 0. The highest BCUT2D eigenvalue weighted by Gasteiger charge is 2.52. The Kier molecular flexibility index (Phi) is 4.53. The summed E-state index contributed by atoms with van der Waals surface area (Å²) in [6, 6.07) is 0. The van der Waals surface area contributed by atoms with Crippen LogP contribution in [0.1, 0.15) is 98.3 Å². The molecule has 0 atom stereocenters. The standard InChI is InChI=1S/2C13H22/c1-9(2)13-6-10-3-11(7-13)5-12(4-10)8-13;1-8(2)13-11-4-9-3-10(6-11)7-12(13)5-9/h9-12H,3-8H2,1-2H3;8-13H,3-7H2,1-2H3. The molecule has 0 amide bonds. The van der Waals surface area contributed by atoms with Crippen molar-refractivity contribution in [2.75, 3.05) is 0 Å². The smallest absolute Gasteiger partial charge is 0.0267 e. The van der Waals surface area contributed by atoms with Crippen LogP contribution in [0, 0.1) is 64.6 Å². The Balaban J connectivity index is 0.000000115. The van der Waals surface area contributed by atoms with Crippen molar-refractivity contribution < 1.29 is 0 Å². The SMILES string of the molecule is CC(C)C12CC3CC(CC(C3)C1)C2.CC(C)C1C2CC3CC(C2)CC1C3. The van der Waals surface area contributed by atoms with Crippen LogP contribution in [0.25, 0.3) is 0 Å². The summed E-state index contributed by atoms with van der Waals surface area (Å²) in [6.45, 7) is 9.83. The third-order valence-corrected chi connectivity index (χ3v) is 10.4. The summed E-state index contributed by atoms with van der Waals surface area (Å²) in [7, 11) is 0. The Bertz CT molecular complexity index is 449. The van der Waals surface area contributed by atoms with Crippen LogP contribution < -0.4 is 0 Å². The van der Waals surface area contributed by atoms with Crippen molar-refractivity contribution >= 4 is 0 Å². The minimum Gasteiger partial charge on any atom is -0.0625 e. The lowest BCUT2D eigenvalue weighted by Gasteiger charge is -2.58. The average Bonchev–Trinajstić information content (AvgIpc) is 2.52. The van der Waals surface area contributed by atoms with Crippen LogP contribution in [0.15, 0.2) is 0 Å². The molecule has 8 aliphatic carbocycles. The molecule has 0 aromatic heterocycles. The molecule has 8 saturated carbocycles. The zero-order valence-electron chi connectivity index (χ0n) is 18.1. The maximum atomic E-state index is 2.47. The molecule has 0 aliphatic heterocycles. The molecular weight excluding hydrogens is 312 g/mol. The molecule has 148 valence electrons.